The van der Waals surface area contributed by atoms with Crippen LogP contribution in [0.25, 0.3) is 0 Å². The van der Waals surface area contributed by atoms with Crippen molar-refractivity contribution in [1.82, 2.24) is 0 Å². The molecule has 0 aromatic carbocycles. The highest BCUT2D eigenvalue weighted by Crippen LogP contribution is 2.57. The van der Waals surface area contributed by atoms with Gasteiger partial charge in [0, 0.05) is 0 Å². The summed E-state index contributed by atoms with van der Waals surface area (Å²) in [6.07, 6.45) is 12.5. The van der Waals surface area contributed by atoms with E-state index in [0.717, 1.165) is 0 Å². The summed E-state index contributed by atoms with van der Waals surface area (Å²) in [4.78, 5) is 0. The van der Waals surface area contributed by atoms with E-state index < -0.39 is 0 Å². The normalized spacial score (nSPS) is 45.0. The second kappa shape index (κ2) is 5.27. The van der Waals surface area contributed by atoms with Crippen molar-refractivity contribution in [2.24, 2.45) is 0 Å². The zero-order valence-electron chi connectivity index (χ0n) is 9.71. The van der Waals surface area contributed by atoms with Crippen molar-refractivity contribution >= 4 is 15.8 Å². The van der Waals surface area contributed by atoms with Crippen LogP contribution in [0, 0.1) is 0 Å². The molecule has 0 aliphatic carbocycles. The van der Waals surface area contributed by atoms with Crippen LogP contribution < -0.4 is 0 Å². The third kappa shape index (κ3) is 2.51. The molecule has 2 aliphatic heterocycles. The lowest BCUT2D eigenvalue weighted by Crippen LogP contribution is -2.29. The molecule has 0 N–H and O–H groups in total. The first-order valence-corrected chi connectivity index (χ1v) is 10.3. The Morgan fingerprint density at radius 1 is 0.714 bits per heavy atom. The van der Waals surface area contributed by atoms with Crippen molar-refractivity contribution in [2.75, 3.05) is 25.7 Å². The molecule has 0 spiro atoms. The largest absolute Gasteiger partial charge is 0.106 e. The topological polar surface area (TPSA) is 0 Å². The Hall–Kier alpha value is 0.860. The Morgan fingerprint density at radius 3 is 1.50 bits per heavy atom. The summed E-state index contributed by atoms with van der Waals surface area (Å²) in [5.41, 5.74) is 2.35. The van der Waals surface area contributed by atoms with Crippen molar-refractivity contribution in [3.8, 4) is 0 Å². The minimum Gasteiger partial charge on any atom is -0.106 e. The van der Waals surface area contributed by atoms with Crippen molar-refractivity contribution < 1.29 is 0 Å². The maximum absolute atomic E-state index is 2.58. The standard InChI is InChI=1S/C12H24P2/c1-13-9-5-3-7-11(13)12-8-4-6-10-14(12)2/h11-12H,3-10H2,1-2H3/t11-,12?,13?,14?/m1/s1. The molecule has 0 aromatic heterocycles. The molecule has 0 radical (unpaired) electrons. The zero-order valence-corrected chi connectivity index (χ0v) is 11.5. The van der Waals surface area contributed by atoms with Crippen LogP contribution in [0.2, 0.25) is 0 Å². The average molecular weight is 230 g/mol. The Morgan fingerprint density at radius 2 is 1.14 bits per heavy atom. The molecule has 82 valence electrons. The lowest BCUT2D eigenvalue weighted by atomic mass is 10.1. The molecule has 0 saturated carbocycles. The average Bonchev–Trinajstić information content (AvgIpc) is 2.20. The fraction of sp³-hybridized carbons (Fsp3) is 1.00. The summed E-state index contributed by atoms with van der Waals surface area (Å²) in [5.74, 6) is 0. The minimum atomic E-state index is 0.412. The predicted molar refractivity (Wildman–Crippen MR) is 70.7 cm³/mol. The van der Waals surface area contributed by atoms with E-state index in [1.807, 2.05) is 0 Å². The highest BCUT2D eigenvalue weighted by Gasteiger charge is 2.33. The molecule has 0 amide bonds. The first-order valence-electron chi connectivity index (χ1n) is 6.19. The first kappa shape index (κ1) is 11.3. The van der Waals surface area contributed by atoms with Crippen LogP contribution in [0.1, 0.15) is 38.5 Å². The van der Waals surface area contributed by atoms with Gasteiger partial charge in [0.15, 0.2) is 0 Å². The van der Waals surface area contributed by atoms with Crippen LogP contribution in [0.4, 0.5) is 0 Å². The van der Waals surface area contributed by atoms with Crippen LogP contribution in [-0.4, -0.2) is 37.0 Å². The van der Waals surface area contributed by atoms with Gasteiger partial charge in [-0.15, -0.1) is 15.8 Å². The summed E-state index contributed by atoms with van der Waals surface area (Å²) < 4.78 is 0. The molecule has 2 saturated heterocycles. The van der Waals surface area contributed by atoms with E-state index in [9.17, 15) is 0 Å². The lowest BCUT2D eigenvalue weighted by Gasteiger charge is -2.41. The van der Waals surface area contributed by atoms with Gasteiger partial charge in [-0.25, -0.2) is 0 Å². The molecule has 3 unspecified atom stereocenters. The molecule has 14 heavy (non-hydrogen) atoms. The van der Waals surface area contributed by atoms with Crippen molar-refractivity contribution in [2.45, 2.75) is 49.8 Å². The smallest absolute Gasteiger partial charge is 0.0144 e. The van der Waals surface area contributed by atoms with Gasteiger partial charge in [-0.05, 0) is 62.7 Å². The summed E-state index contributed by atoms with van der Waals surface area (Å²) in [7, 11) is 0.823. The van der Waals surface area contributed by atoms with Gasteiger partial charge in [0.25, 0.3) is 0 Å². The van der Waals surface area contributed by atoms with Crippen LogP contribution in [0.3, 0.4) is 0 Å². The molecular formula is C12H24P2. The third-order valence-corrected chi connectivity index (χ3v) is 9.88. The molecule has 2 rings (SSSR count). The van der Waals surface area contributed by atoms with E-state index in [4.69, 9.17) is 0 Å². The van der Waals surface area contributed by atoms with Crippen molar-refractivity contribution in [1.29, 1.82) is 0 Å². The van der Waals surface area contributed by atoms with Gasteiger partial charge in [-0.2, -0.15) is 0 Å². The SMILES string of the molecule is CP1CCCCC1[C@H]1CCCCP1C. The fourth-order valence-corrected chi connectivity index (χ4v) is 9.37. The van der Waals surface area contributed by atoms with Gasteiger partial charge in [-0.1, -0.05) is 12.8 Å². The monoisotopic (exact) mass is 230 g/mol. The van der Waals surface area contributed by atoms with E-state index in [1.54, 1.807) is 25.2 Å². The molecule has 4 atom stereocenters. The Balaban J connectivity index is 1.96. The zero-order chi connectivity index (χ0) is 9.97. The molecule has 2 aliphatic rings. The number of hydrogen-bond donors (Lipinski definition) is 0. The van der Waals surface area contributed by atoms with E-state index in [0.29, 0.717) is 15.8 Å². The van der Waals surface area contributed by atoms with E-state index >= 15 is 0 Å². The lowest BCUT2D eigenvalue weighted by molar-refractivity contribution is 0.569. The number of rotatable bonds is 1. The Labute approximate surface area is 91.7 Å². The third-order valence-electron chi connectivity index (χ3n) is 4.10. The van der Waals surface area contributed by atoms with Gasteiger partial charge in [0.1, 0.15) is 0 Å². The predicted octanol–water partition coefficient (Wildman–Crippen LogP) is 4.31. The first-order chi connectivity index (χ1) is 6.79. The van der Waals surface area contributed by atoms with Crippen LogP contribution in [-0.2, 0) is 0 Å². The van der Waals surface area contributed by atoms with Gasteiger partial charge >= 0.3 is 0 Å². The Kier molecular flexibility index (Phi) is 4.27. The molecule has 0 aromatic rings. The Bertz CT molecular complexity index is 161. The summed E-state index contributed by atoms with van der Waals surface area (Å²) in [6, 6.07) is 0. The fourth-order valence-electron chi connectivity index (χ4n) is 3.17. The van der Waals surface area contributed by atoms with E-state index in [-0.39, 0.29) is 0 Å². The highest BCUT2D eigenvalue weighted by molar-refractivity contribution is 7.62. The quantitative estimate of drug-likeness (QED) is 0.589. The van der Waals surface area contributed by atoms with Gasteiger partial charge in [-0.3, -0.25) is 0 Å². The van der Waals surface area contributed by atoms with E-state index in [2.05, 4.69) is 13.3 Å². The summed E-state index contributed by atoms with van der Waals surface area (Å²) >= 11 is 0. The van der Waals surface area contributed by atoms with Gasteiger partial charge < -0.3 is 0 Å². The molecule has 2 heteroatoms. The van der Waals surface area contributed by atoms with Gasteiger partial charge in [0.05, 0.1) is 0 Å². The van der Waals surface area contributed by atoms with E-state index in [1.165, 1.54) is 37.0 Å². The molecule has 0 nitrogen and oxygen atoms in total. The van der Waals surface area contributed by atoms with Gasteiger partial charge in [0.2, 0.25) is 0 Å². The van der Waals surface area contributed by atoms with Crippen molar-refractivity contribution in [3.63, 3.8) is 0 Å². The molecular weight excluding hydrogens is 206 g/mol. The number of hydrogen-bond acceptors (Lipinski definition) is 0. The summed E-state index contributed by atoms with van der Waals surface area (Å²) in [6.45, 7) is 5.16. The van der Waals surface area contributed by atoms with Crippen LogP contribution in [0.15, 0.2) is 0 Å². The maximum Gasteiger partial charge on any atom is -0.0144 e. The van der Waals surface area contributed by atoms with Crippen LogP contribution >= 0.6 is 15.8 Å². The van der Waals surface area contributed by atoms with Crippen LogP contribution in [0.5, 0.6) is 0 Å². The second-order valence-electron chi connectivity index (χ2n) is 5.09. The molecule has 2 fully saturated rings. The highest BCUT2D eigenvalue weighted by atomic mass is 31.1. The summed E-state index contributed by atoms with van der Waals surface area (Å²) in [5, 5.41) is 0. The molecule has 0 bridgehead atoms. The maximum atomic E-state index is 2.58. The second-order valence-corrected chi connectivity index (χ2v) is 10.3. The molecule has 2 heterocycles. The van der Waals surface area contributed by atoms with Crippen molar-refractivity contribution in [3.05, 3.63) is 0 Å². The minimum absolute atomic E-state index is 0.412.